The zero-order valence-corrected chi connectivity index (χ0v) is 22.2. The first-order valence-electron chi connectivity index (χ1n) is 13.1. The molecule has 0 unspecified atom stereocenters. The molecule has 1 aliphatic carbocycles. The Morgan fingerprint density at radius 2 is 1.42 bits per heavy atom. The van der Waals surface area contributed by atoms with Gasteiger partial charge in [-0.25, -0.2) is 4.79 Å². The fourth-order valence-corrected chi connectivity index (χ4v) is 4.86. The lowest BCUT2D eigenvalue weighted by Crippen LogP contribution is -2.43. The molecule has 0 aliphatic heterocycles. The molecule has 6 nitrogen and oxygen atoms in total. The van der Waals surface area contributed by atoms with Crippen LogP contribution in [0.4, 0.5) is 4.79 Å². The SMILES string of the molecule is CC(C)(C)OC(=O)C[C@H](NC(=O)OCC1c2ccccc2-c2ccccc21)C(=O)CCCc1ccccc1. The van der Waals surface area contributed by atoms with Gasteiger partial charge in [0.25, 0.3) is 0 Å². The summed E-state index contributed by atoms with van der Waals surface area (Å²) < 4.78 is 11.0. The average molecular weight is 514 g/mol. The van der Waals surface area contributed by atoms with Gasteiger partial charge >= 0.3 is 12.1 Å². The van der Waals surface area contributed by atoms with E-state index in [1.807, 2.05) is 66.7 Å². The van der Waals surface area contributed by atoms with E-state index in [0.717, 1.165) is 34.2 Å². The van der Waals surface area contributed by atoms with Crippen LogP contribution in [0.15, 0.2) is 78.9 Å². The van der Waals surface area contributed by atoms with Gasteiger partial charge in [-0.3, -0.25) is 9.59 Å². The maximum Gasteiger partial charge on any atom is 0.407 e. The lowest BCUT2D eigenvalue weighted by molar-refractivity contribution is -0.156. The van der Waals surface area contributed by atoms with Crippen molar-refractivity contribution in [2.24, 2.45) is 0 Å². The largest absolute Gasteiger partial charge is 0.460 e. The van der Waals surface area contributed by atoms with Crippen molar-refractivity contribution in [3.05, 3.63) is 95.6 Å². The van der Waals surface area contributed by atoms with Gasteiger partial charge in [-0.1, -0.05) is 78.9 Å². The first-order valence-corrected chi connectivity index (χ1v) is 13.1. The van der Waals surface area contributed by atoms with Crippen LogP contribution >= 0.6 is 0 Å². The van der Waals surface area contributed by atoms with Crippen LogP contribution in [0.3, 0.4) is 0 Å². The Bertz CT molecular complexity index is 1230. The van der Waals surface area contributed by atoms with Crippen LogP contribution in [0, 0.1) is 0 Å². The van der Waals surface area contributed by atoms with Crippen molar-refractivity contribution in [2.45, 2.75) is 64.0 Å². The first-order chi connectivity index (χ1) is 18.2. The number of nitrogens with one attached hydrogen (secondary N) is 1. The molecule has 3 aromatic rings. The molecule has 1 N–H and O–H groups in total. The monoisotopic (exact) mass is 513 g/mol. The topological polar surface area (TPSA) is 81.7 Å². The summed E-state index contributed by atoms with van der Waals surface area (Å²) in [5, 5.41) is 2.64. The number of ketones is 1. The van der Waals surface area contributed by atoms with E-state index in [9.17, 15) is 14.4 Å². The minimum Gasteiger partial charge on any atom is -0.460 e. The summed E-state index contributed by atoms with van der Waals surface area (Å²) in [7, 11) is 0. The third-order valence-corrected chi connectivity index (χ3v) is 6.55. The van der Waals surface area contributed by atoms with Crippen molar-refractivity contribution in [2.75, 3.05) is 6.61 Å². The van der Waals surface area contributed by atoms with Gasteiger partial charge in [-0.2, -0.15) is 0 Å². The van der Waals surface area contributed by atoms with Gasteiger partial charge in [0.05, 0.1) is 6.42 Å². The van der Waals surface area contributed by atoms with Gasteiger partial charge in [0.1, 0.15) is 18.2 Å². The standard InChI is InChI=1S/C32H35NO5/c1-32(2,3)38-30(35)20-28(29(34)19-11-14-22-12-5-4-6-13-22)33-31(36)37-21-27-25-17-9-7-15-23(25)24-16-8-10-18-26(24)27/h4-10,12-13,15-18,27-28H,11,14,19-21H2,1-3H3,(H,33,36)/t28-/m0/s1. The molecular weight excluding hydrogens is 478 g/mol. The van der Waals surface area contributed by atoms with Crippen molar-refractivity contribution in [3.8, 4) is 11.1 Å². The summed E-state index contributed by atoms with van der Waals surface area (Å²) in [6.45, 7) is 5.42. The fourth-order valence-electron chi connectivity index (χ4n) is 4.86. The number of hydrogen-bond acceptors (Lipinski definition) is 5. The summed E-state index contributed by atoms with van der Waals surface area (Å²) in [6, 6.07) is 25.0. The minimum atomic E-state index is -1.02. The van der Waals surface area contributed by atoms with E-state index in [4.69, 9.17) is 9.47 Å². The van der Waals surface area contributed by atoms with Crippen molar-refractivity contribution >= 4 is 17.8 Å². The number of benzene rings is 3. The lowest BCUT2D eigenvalue weighted by Gasteiger charge is -2.22. The van der Waals surface area contributed by atoms with E-state index < -0.39 is 23.7 Å². The van der Waals surface area contributed by atoms with Crippen molar-refractivity contribution in [1.82, 2.24) is 5.32 Å². The number of ether oxygens (including phenoxy) is 2. The molecule has 1 aliphatic rings. The summed E-state index contributed by atoms with van der Waals surface area (Å²) in [6.07, 6.45) is 0.603. The summed E-state index contributed by atoms with van der Waals surface area (Å²) >= 11 is 0. The highest BCUT2D eigenvalue weighted by Gasteiger charge is 2.31. The average Bonchev–Trinajstić information content (AvgIpc) is 3.20. The zero-order chi connectivity index (χ0) is 27.1. The number of fused-ring (bicyclic) bond motifs is 3. The van der Waals surface area contributed by atoms with Crippen molar-refractivity contribution in [3.63, 3.8) is 0 Å². The molecule has 1 amide bonds. The highest BCUT2D eigenvalue weighted by atomic mass is 16.6. The van der Waals surface area contributed by atoms with Crippen molar-refractivity contribution in [1.29, 1.82) is 0 Å². The first kappa shape index (κ1) is 27.1. The number of aryl methyl sites for hydroxylation is 1. The molecule has 1 atom stereocenters. The highest BCUT2D eigenvalue weighted by Crippen LogP contribution is 2.44. The highest BCUT2D eigenvalue weighted by molar-refractivity contribution is 5.91. The van der Waals surface area contributed by atoms with E-state index in [1.54, 1.807) is 20.8 Å². The molecule has 0 aromatic heterocycles. The Hall–Kier alpha value is -3.93. The lowest BCUT2D eigenvalue weighted by atomic mass is 9.98. The van der Waals surface area contributed by atoms with Crippen LogP contribution < -0.4 is 5.32 Å². The van der Waals surface area contributed by atoms with E-state index in [0.29, 0.717) is 6.42 Å². The maximum atomic E-state index is 13.1. The number of amides is 1. The Balaban J connectivity index is 1.39. The smallest absolute Gasteiger partial charge is 0.407 e. The zero-order valence-electron chi connectivity index (χ0n) is 22.2. The molecule has 0 heterocycles. The Morgan fingerprint density at radius 1 is 0.842 bits per heavy atom. The van der Waals surface area contributed by atoms with Gasteiger partial charge < -0.3 is 14.8 Å². The van der Waals surface area contributed by atoms with Crippen LogP contribution in [0.2, 0.25) is 0 Å². The molecule has 38 heavy (non-hydrogen) atoms. The number of alkyl carbamates (subject to hydrolysis) is 1. The maximum absolute atomic E-state index is 13.1. The van der Waals surface area contributed by atoms with Gasteiger partial charge in [0.2, 0.25) is 0 Å². The molecule has 0 spiro atoms. The number of rotatable bonds is 10. The third kappa shape index (κ3) is 7.09. The van der Waals surface area contributed by atoms with Gasteiger partial charge in [0, 0.05) is 12.3 Å². The van der Waals surface area contributed by atoms with Crippen LogP contribution in [-0.4, -0.2) is 36.1 Å². The third-order valence-electron chi connectivity index (χ3n) is 6.55. The number of carbonyl (C=O) groups is 3. The normalized spacial score (nSPS) is 13.2. The summed E-state index contributed by atoms with van der Waals surface area (Å²) in [4.78, 5) is 38.5. The quantitative estimate of drug-likeness (QED) is 0.326. The van der Waals surface area contributed by atoms with Crippen LogP contribution in [0.25, 0.3) is 11.1 Å². The molecule has 0 radical (unpaired) electrons. The summed E-state index contributed by atoms with van der Waals surface area (Å²) in [5.41, 5.74) is 4.91. The summed E-state index contributed by atoms with van der Waals surface area (Å²) in [5.74, 6) is -0.864. The number of Topliss-reactive ketones (excluding diaryl/α,β-unsaturated/α-hetero) is 1. The predicted molar refractivity (Wildman–Crippen MR) is 147 cm³/mol. The van der Waals surface area contributed by atoms with E-state index >= 15 is 0 Å². The molecule has 0 bridgehead atoms. The molecule has 6 heteroatoms. The van der Waals surface area contributed by atoms with Gasteiger partial charge in [-0.05, 0) is 61.4 Å². The predicted octanol–water partition coefficient (Wildman–Crippen LogP) is 6.22. The Kier molecular flexibility index (Phi) is 8.62. The number of hydrogen-bond donors (Lipinski definition) is 1. The minimum absolute atomic E-state index is 0.0981. The van der Waals surface area contributed by atoms with Crippen LogP contribution in [0.1, 0.15) is 62.6 Å². The second kappa shape index (κ2) is 12.1. The van der Waals surface area contributed by atoms with E-state index in [-0.39, 0.29) is 31.1 Å². The van der Waals surface area contributed by atoms with Crippen molar-refractivity contribution < 1.29 is 23.9 Å². The second-order valence-corrected chi connectivity index (χ2v) is 10.6. The number of esters is 1. The van der Waals surface area contributed by atoms with E-state index in [2.05, 4.69) is 17.4 Å². The number of carbonyl (C=O) groups excluding carboxylic acids is 3. The van der Waals surface area contributed by atoms with Gasteiger partial charge in [-0.15, -0.1) is 0 Å². The van der Waals surface area contributed by atoms with E-state index in [1.165, 1.54) is 0 Å². The molecular formula is C32H35NO5. The molecule has 3 aromatic carbocycles. The molecule has 0 saturated carbocycles. The molecule has 4 rings (SSSR count). The van der Waals surface area contributed by atoms with Crippen LogP contribution in [0.5, 0.6) is 0 Å². The molecule has 198 valence electrons. The fraction of sp³-hybridized carbons (Fsp3) is 0.344. The van der Waals surface area contributed by atoms with Crippen LogP contribution in [-0.2, 0) is 25.5 Å². The second-order valence-electron chi connectivity index (χ2n) is 10.6. The Morgan fingerprint density at radius 3 is 2.03 bits per heavy atom. The molecule has 0 fully saturated rings. The Labute approximate surface area is 224 Å². The van der Waals surface area contributed by atoms with Gasteiger partial charge in [0.15, 0.2) is 5.78 Å². The molecule has 0 saturated heterocycles.